The fourth-order valence-electron chi connectivity index (χ4n) is 7.84. The zero-order valence-electron chi connectivity index (χ0n) is 19.7. The maximum atomic E-state index is 7.01. The van der Waals surface area contributed by atoms with E-state index in [0.29, 0.717) is 6.04 Å². The topological polar surface area (TPSA) is 17.4 Å². The molecule has 7 rings (SSSR count). The number of likely N-dealkylation sites (N-methyl/N-ethyl adjacent to an activating group) is 1. The number of para-hydroxylation sites is 1. The summed E-state index contributed by atoms with van der Waals surface area (Å²) in [6, 6.07) is 14.2. The van der Waals surface area contributed by atoms with E-state index in [1.54, 1.807) is 5.56 Å². The lowest BCUT2D eigenvalue weighted by Gasteiger charge is -2.64. The lowest BCUT2D eigenvalue weighted by molar-refractivity contribution is -0.0912. The largest absolute Gasteiger partial charge is 0.483 e. The number of ether oxygens (including phenoxy) is 1. The predicted molar refractivity (Wildman–Crippen MR) is 127 cm³/mol. The average Bonchev–Trinajstić information content (AvgIpc) is 3.26. The summed E-state index contributed by atoms with van der Waals surface area (Å²) in [5, 5.41) is 1.42. The van der Waals surface area contributed by atoms with Gasteiger partial charge in [0.1, 0.15) is 11.9 Å². The van der Waals surface area contributed by atoms with Crippen LogP contribution < -0.4 is 4.74 Å². The molecule has 1 saturated heterocycles. The lowest BCUT2D eigenvalue weighted by Crippen LogP contribution is -2.68. The SMILES string of the molecule is CC.Cc1ccc2c3c1O[C@H]1c4c(c5ccccc5n4C)C[C@@]4(C)[C@@H](C2)N(C)CC[C@]314. The van der Waals surface area contributed by atoms with Gasteiger partial charge in [0, 0.05) is 35.0 Å². The number of hydrogen-bond acceptors (Lipinski definition) is 2. The minimum atomic E-state index is 0.0915. The summed E-state index contributed by atoms with van der Waals surface area (Å²) in [6.07, 6.45) is 3.60. The average molecular weight is 415 g/mol. The van der Waals surface area contributed by atoms with Crippen LogP contribution in [0.1, 0.15) is 61.2 Å². The van der Waals surface area contributed by atoms with E-state index in [-0.39, 0.29) is 16.9 Å². The number of rotatable bonds is 0. The first-order valence-electron chi connectivity index (χ1n) is 12.0. The molecule has 0 N–H and O–H groups in total. The summed E-state index contributed by atoms with van der Waals surface area (Å²) in [6.45, 7) is 9.96. The Morgan fingerprint density at radius 1 is 1.06 bits per heavy atom. The van der Waals surface area contributed by atoms with Crippen molar-refractivity contribution in [3.8, 4) is 5.75 Å². The number of benzene rings is 2. The quantitative estimate of drug-likeness (QED) is 0.469. The summed E-state index contributed by atoms with van der Waals surface area (Å²) in [5.74, 6) is 1.19. The standard InChI is InChI=1S/C26H28N2O.C2H6/c1-15-9-10-16-13-20-25(2)14-18-17-7-5-6-8-19(17)28(4)22(18)24-26(25,11-12-27(20)3)21(16)23(15)29-24;1-2/h5-10,20,24H,11-14H2,1-4H3;1-2H3/t20-,24+,25+,26+;/m1./s1. The second-order valence-corrected chi connectivity index (χ2v) is 10.2. The lowest BCUT2D eigenvalue weighted by atomic mass is 9.44. The molecule has 1 fully saturated rings. The Balaban J connectivity index is 0.000000902. The Morgan fingerprint density at radius 2 is 1.84 bits per heavy atom. The van der Waals surface area contributed by atoms with Crippen molar-refractivity contribution in [3.63, 3.8) is 0 Å². The van der Waals surface area contributed by atoms with Gasteiger partial charge < -0.3 is 14.2 Å². The molecule has 31 heavy (non-hydrogen) atoms. The minimum Gasteiger partial charge on any atom is -0.483 e. The molecular formula is C28H34N2O. The number of aryl methyl sites for hydroxylation is 2. The highest BCUT2D eigenvalue weighted by Gasteiger charge is 2.70. The van der Waals surface area contributed by atoms with Gasteiger partial charge in [-0.25, -0.2) is 0 Å². The van der Waals surface area contributed by atoms with Crippen molar-refractivity contribution in [3.05, 3.63) is 64.3 Å². The zero-order chi connectivity index (χ0) is 21.7. The number of fused-ring (bicyclic) bond motifs is 4. The smallest absolute Gasteiger partial charge is 0.149 e. The molecule has 0 amide bonds. The van der Waals surface area contributed by atoms with Crippen molar-refractivity contribution in [2.75, 3.05) is 13.6 Å². The van der Waals surface area contributed by atoms with Crippen LogP contribution >= 0.6 is 0 Å². The zero-order valence-corrected chi connectivity index (χ0v) is 19.7. The van der Waals surface area contributed by atoms with Crippen LogP contribution in [0.4, 0.5) is 0 Å². The Hall–Kier alpha value is -2.26. The summed E-state index contributed by atoms with van der Waals surface area (Å²) in [5.41, 5.74) is 8.97. The number of piperidine rings is 1. The number of likely N-dealkylation sites (tertiary alicyclic amines) is 1. The molecule has 2 aliphatic heterocycles. The van der Waals surface area contributed by atoms with E-state index in [4.69, 9.17) is 4.74 Å². The van der Waals surface area contributed by atoms with E-state index in [9.17, 15) is 0 Å². The molecular weight excluding hydrogens is 380 g/mol. The summed E-state index contributed by atoms with van der Waals surface area (Å²) in [4.78, 5) is 2.64. The van der Waals surface area contributed by atoms with Gasteiger partial charge in [0.15, 0.2) is 0 Å². The van der Waals surface area contributed by atoms with Crippen molar-refractivity contribution in [2.45, 2.75) is 64.5 Å². The van der Waals surface area contributed by atoms with Crippen LogP contribution in [0, 0.1) is 12.3 Å². The highest BCUT2D eigenvalue weighted by atomic mass is 16.5. The third-order valence-electron chi connectivity index (χ3n) is 9.18. The van der Waals surface area contributed by atoms with Gasteiger partial charge >= 0.3 is 0 Å². The third-order valence-corrected chi connectivity index (χ3v) is 9.18. The fraction of sp³-hybridized carbons (Fsp3) is 0.500. The first-order chi connectivity index (χ1) is 15.0. The maximum absolute atomic E-state index is 7.01. The van der Waals surface area contributed by atoms with E-state index in [0.717, 1.165) is 19.4 Å². The van der Waals surface area contributed by atoms with Gasteiger partial charge in [0.05, 0.1) is 11.1 Å². The molecule has 0 unspecified atom stereocenters. The summed E-state index contributed by atoms with van der Waals surface area (Å²) >= 11 is 0. The van der Waals surface area contributed by atoms with Crippen LogP contribution in [0.15, 0.2) is 36.4 Å². The van der Waals surface area contributed by atoms with Gasteiger partial charge in [-0.15, -0.1) is 0 Å². The third kappa shape index (κ3) is 2.01. The normalized spacial score (nSPS) is 32.1. The van der Waals surface area contributed by atoms with Crippen LogP contribution in [0.2, 0.25) is 0 Å². The van der Waals surface area contributed by atoms with Crippen molar-refractivity contribution in [2.24, 2.45) is 12.5 Å². The monoisotopic (exact) mass is 414 g/mol. The van der Waals surface area contributed by atoms with Crippen molar-refractivity contribution >= 4 is 10.9 Å². The molecule has 1 spiro atoms. The number of nitrogens with zero attached hydrogens (tertiary/aromatic N) is 2. The number of hydrogen-bond donors (Lipinski definition) is 0. The minimum absolute atomic E-state index is 0.0915. The van der Waals surface area contributed by atoms with Gasteiger partial charge in [-0.3, -0.25) is 0 Å². The van der Waals surface area contributed by atoms with Crippen LogP contribution in [0.25, 0.3) is 10.9 Å². The predicted octanol–water partition coefficient (Wildman–Crippen LogP) is 5.71. The molecule has 3 heterocycles. The van der Waals surface area contributed by atoms with Gasteiger partial charge in [-0.1, -0.05) is 51.1 Å². The van der Waals surface area contributed by atoms with E-state index in [1.807, 2.05) is 13.8 Å². The van der Waals surface area contributed by atoms with Crippen molar-refractivity contribution in [1.29, 1.82) is 0 Å². The molecule has 4 atom stereocenters. The molecule has 2 bridgehead atoms. The van der Waals surface area contributed by atoms with Gasteiger partial charge in [-0.2, -0.15) is 0 Å². The summed E-state index contributed by atoms with van der Waals surface area (Å²) < 4.78 is 9.44. The van der Waals surface area contributed by atoms with Gasteiger partial charge in [0.25, 0.3) is 0 Å². The molecule has 0 saturated carbocycles. The molecule has 1 aromatic heterocycles. The highest BCUT2D eigenvalue weighted by molar-refractivity contribution is 5.87. The molecule has 0 radical (unpaired) electrons. The fourth-order valence-corrected chi connectivity index (χ4v) is 7.84. The first kappa shape index (κ1) is 19.4. The van der Waals surface area contributed by atoms with E-state index < -0.39 is 0 Å². The molecule has 4 aliphatic rings. The van der Waals surface area contributed by atoms with Crippen LogP contribution in [-0.4, -0.2) is 29.1 Å². The van der Waals surface area contributed by atoms with Gasteiger partial charge in [-0.05, 0) is 62.5 Å². The molecule has 3 nitrogen and oxygen atoms in total. The second-order valence-electron chi connectivity index (χ2n) is 10.2. The van der Waals surface area contributed by atoms with Crippen LogP contribution in [0.3, 0.4) is 0 Å². The number of aromatic nitrogens is 1. The second kappa shape index (κ2) is 6.16. The van der Waals surface area contributed by atoms with E-state index >= 15 is 0 Å². The molecule has 2 aromatic carbocycles. The van der Waals surface area contributed by atoms with Crippen molar-refractivity contribution in [1.82, 2.24) is 9.47 Å². The Kier molecular flexibility index (Phi) is 3.86. The molecule has 3 heteroatoms. The Morgan fingerprint density at radius 3 is 2.65 bits per heavy atom. The first-order valence-corrected chi connectivity index (χ1v) is 12.0. The molecule has 2 aliphatic carbocycles. The molecule has 162 valence electrons. The Bertz CT molecular complexity index is 1220. The Labute approximate surface area is 186 Å². The van der Waals surface area contributed by atoms with Crippen molar-refractivity contribution < 1.29 is 4.74 Å². The van der Waals surface area contributed by atoms with E-state index in [1.165, 1.54) is 45.5 Å². The van der Waals surface area contributed by atoms with Crippen LogP contribution in [0.5, 0.6) is 5.75 Å². The highest BCUT2D eigenvalue weighted by Crippen LogP contribution is 2.71. The van der Waals surface area contributed by atoms with E-state index in [2.05, 4.69) is 73.8 Å². The van der Waals surface area contributed by atoms with Crippen LogP contribution in [-0.2, 0) is 25.3 Å². The maximum Gasteiger partial charge on any atom is 0.149 e. The summed E-state index contributed by atoms with van der Waals surface area (Å²) in [7, 11) is 4.59. The van der Waals surface area contributed by atoms with Gasteiger partial charge in [0.2, 0.25) is 0 Å². The molecule has 3 aromatic rings.